The Bertz CT molecular complexity index is 677. The fraction of sp³-hybridized carbons (Fsp3) is 0.167. The van der Waals surface area contributed by atoms with Crippen molar-refractivity contribution in [1.29, 1.82) is 0 Å². The van der Waals surface area contributed by atoms with Gasteiger partial charge in [0.05, 0.1) is 6.04 Å². The van der Waals surface area contributed by atoms with Crippen molar-refractivity contribution >= 4 is 12.0 Å². The molecule has 3 heteroatoms. The van der Waals surface area contributed by atoms with Gasteiger partial charge >= 0.3 is 0 Å². The van der Waals surface area contributed by atoms with Crippen LogP contribution in [0.15, 0.2) is 60.3 Å². The molecule has 0 aliphatic carbocycles. The van der Waals surface area contributed by atoms with E-state index >= 15 is 0 Å². The van der Waals surface area contributed by atoms with Crippen LogP contribution in [0, 0.1) is 0 Å². The number of nitrogens with one attached hydrogen (secondary N) is 1. The van der Waals surface area contributed by atoms with Gasteiger partial charge in [0.1, 0.15) is 5.70 Å². The monoisotopic (exact) mass is 278 g/mol. The number of carbonyl (C=O) groups is 1. The first kappa shape index (κ1) is 13.4. The molecule has 1 heterocycles. The minimum atomic E-state index is -0.408. The number of primary amides is 1. The summed E-state index contributed by atoms with van der Waals surface area (Å²) in [5.41, 5.74) is 9.51. The van der Waals surface area contributed by atoms with E-state index in [9.17, 15) is 4.79 Å². The minimum Gasteiger partial charge on any atom is -0.374 e. The first-order chi connectivity index (χ1) is 10.2. The molecule has 0 saturated carbocycles. The van der Waals surface area contributed by atoms with E-state index in [1.165, 1.54) is 11.1 Å². The van der Waals surface area contributed by atoms with Crippen LogP contribution in [-0.2, 0) is 11.2 Å². The summed E-state index contributed by atoms with van der Waals surface area (Å²) < 4.78 is 0. The topological polar surface area (TPSA) is 55.1 Å². The molecule has 21 heavy (non-hydrogen) atoms. The van der Waals surface area contributed by atoms with E-state index in [0.29, 0.717) is 5.70 Å². The van der Waals surface area contributed by atoms with Crippen molar-refractivity contribution in [1.82, 2.24) is 5.32 Å². The van der Waals surface area contributed by atoms with Gasteiger partial charge in [0, 0.05) is 0 Å². The first-order valence-electron chi connectivity index (χ1n) is 7.15. The molecule has 3 nitrogen and oxygen atoms in total. The zero-order valence-electron chi connectivity index (χ0n) is 11.8. The maximum absolute atomic E-state index is 11.5. The number of aryl methyl sites for hydroxylation is 1. The molecular weight excluding hydrogens is 260 g/mol. The Balaban J connectivity index is 1.82. The third-order valence-corrected chi connectivity index (χ3v) is 3.83. The second-order valence-electron chi connectivity index (χ2n) is 5.27. The average molecular weight is 278 g/mol. The maximum Gasteiger partial charge on any atom is 0.264 e. The summed E-state index contributed by atoms with van der Waals surface area (Å²) in [6.45, 7) is 0. The van der Waals surface area contributed by atoms with Crippen molar-refractivity contribution in [2.24, 2.45) is 5.73 Å². The Morgan fingerprint density at radius 1 is 1.05 bits per heavy atom. The second kappa shape index (κ2) is 5.83. The predicted octanol–water partition coefficient (Wildman–Crippen LogP) is 2.79. The standard InChI is InChI=1S/C18H18N2O/c19-18(21)17-12-14-8-4-5-9-15(14)16(20-17)11-10-13-6-2-1-3-7-13/h1-9,12,16,20H,10-11H2,(H2,19,21). The van der Waals surface area contributed by atoms with Gasteiger partial charge < -0.3 is 11.1 Å². The minimum absolute atomic E-state index is 0.119. The molecule has 0 radical (unpaired) electrons. The average Bonchev–Trinajstić information content (AvgIpc) is 2.53. The SMILES string of the molecule is NC(=O)C1=Cc2ccccc2C(CCc2ccccc2)N1. The number of benzene rings is 2. The fourth-order valence-electron chi connectivity index (χ4n) is 2.75. The quantitative estimate of drug-likeness (QED) is 0.903. The molecule has 1 unspecified atom stereocenters. The van der Waals surface area contributed by atoms with E-state index in [1.807, 2.05) is 42.5 Å². The van der Waals surface area contributed by atoms with Crippen molar-refractivity contribution in [3.63, 3.8) is 0 Å². The third-order valence-electron chi connectivity index (χ3n) is 3.83. The smallest absolute Gasteiger partial charge is 0.264 e. The predicted molar refractivity (Wildman–Crippen MR) is 84.3 cm³/mol. The summed E-state index contributed by atoms with van der Waals surface area (Å²) >= 11 is 0. The van der Waals surface area contributed by atoms with Gasteiger partial charge in [0.25, 0.3) is 5.91 Å². The Hall–Kier alpha value is -2.55. The van der Waals surface area contributed by atoms with Crippen LogP contribution in [0.1, 0.15) is 29.2 Å². The summed E-state index contributed by atoms with van der Waals surface area (Å²) in [6, 6.07) is 18.6. The van der Waals surface area contributed by atoms with Crippen LogP contribution >= 0.6 is 0 Å². The fourth-order valence-corrected chi connectivity index (χ4v) is 2.75. The van der Waals surface area contributed by atoms with E-state index in [2.05, 4.69) is 23.5 Å². The van der Waals surface area contributed by atoms with Crippen molar-refractivity contribution in [2.75, 3.05) is 0 Å². The zero-order chi connectivity index (χ0) is 14.7. The van der Waals surface area contributed by atoms with Gasteiger partial charge in [-0.2, -0.15) is 0 Å². The number of carbonyl (C=O) groups excluding carboxylic acids is 1. The maximum atomic E-state index is 11.5. The molecule has 3 rings (SSSR count). The highest BCUT2D eigenvalue weighted by Gasteiger charge is 2.22. The molecule has 1 aliphatic heterocycles. The Labute approximate surface area is 124 Å². The number of hydrogen-bond donors (Lipinski definition) is 2. The molecule has 0 aromatic heterocycles. The first-order valence-corrected chi connectivity index (χ1v) is 7.15. The van der Waals surface area contributed by atoms with Crippen LogP contribution in [0.25, 0.3) is 6.08 Å². The summed E-state index contributed by atoms with van der Waals surface area (Å²) in [5, 5.41) is 3.27. The molecule has 2 aromatic carbocycles. The van der Waals surface area contributed by atoms with E-state index < -0.39 is 5.91 Å². The highest BCUT2D eigenvalue weighted by molar-refractivity contribution is 5.97. The van der Waals surface area contributed by atoms with Crippen LogP contribution in [0.5, 0.6) is 0 Å². The molecule has 0 bridgehead atoms. The molecule has 2 aromatic rings. The second-order valence-corrected chi connectivity index (χ2v) is 5.27. The molecular formula is C18H18N2O. The number of hydrogen-bond acceptors (Lipinski definition) is 2. The number of nitrogens with two attached hydrogens (primary N) is 1. The number of amides is 1. The van der Waals surface area contributed by atoms with Crippen molar-refractivity contribution in [2.45, 2.75) is 18.9 Å². The highest BCUT2D eigenvalue weighted by atomic mass is 16.1. The lowest BCUT2D eigenvalue weighted by molar-refractivity contribution is -0.114. The van der Waals surface area contributed by atoms with Gasteiger partial charge in [0.2, 0.25) is 0 Å². The number of rotatable bonds is 4. The lowest BCUT2D eigenvalue weighted by atomic mass is 9.91. The summed E-state index contributed by atoms with van der Waals surface area (Å²) in [7, 11) is 0. The van der Waals surface area contributed by atoms with Crippen molar-refractivity contribution in [3.8, 4) is 0 Å². The molecule has 1 atom stereocenters. The van der Waals surface area contributed by atoms with Gasteiger partial charge in [-0.3, -0.25) is 4.79 Å². The Kier molecular flexibility index (Phi) is 3.73. The molecule has 106 valence electrons. The Morgan fingerprint density at radius 2 is 1.76 bits per heavy atom. The molecule has 0 fully saturated rings. The van der Waals surface area contributed by atoms with Crippen LogP contribution in [-0.4, -0.2) is 5.91 Å². The van der Waals surface area contributed by atoms with Crippen LogP contribution < -0.4 is 11.1 Å². The zero-order valence-corrected chi connectivity index (χ0v) is 11.8. The third kappa shape index (κ3) is 2.97. The molecule has 1 aliphatic rings. The van der Waals surface area contributed by atoms with Crippen LogP contribution in [0.3, 0.4) is 0 Å². The van der Waals surface area contributed by atoms with E-state index in [0.717, 1.165) is 18.4 Å². The summed E-state index contributed by atoms with van der Waals surface area (Å²) in [4.78, 5) is 11.5. The normalized spacial score (nSPS) is 16.6. The van der Waals surface area contributed by atoms with Gasteiger partial charge in [-0.05, 0) is 35.6 Å². The van der Waals surface area contributed by atoms with E-state index in [4.69, 9.17) is 5.73 Å². The van der Waals surface area contributed by atoms with Gasteiger partial charge in [-0.1, -0.05) is 54.6 Å². The van der Waals surface area contributed by atoms with Gasteiger partial charge in [0.15, 0.2) is 0 Å². The summed E-state index contributed by atoms with van der Waals surface area (Å²) in [5.74, 6) is -0.408. The van der Waals surface area contributed by atoms with Crippen molar-refractivity contribution in [3.05, 3.63) is 77.0 Å². The van der Waals surface area contributed by atoms with Crippen LogP contribution in [0.2, 0.25) is 0 Å². The van der Waals surface area contributed by atoms with Crippen LogP contribution in [0.4, 0.5) is 0 Å². The number of fused-ring (bicyclic) bond motifs is 1. The summed E-state index contributed by atoms with van der Waals surface area (Å²) in [6.07, 6.45) is 3.71. The molecule has 0 spiro atoms. The molecule has 0 saturated heterocycles. The van der Waals surface area contributed by atoms with Gasteiger partial charge in [-0.15, -0.1) is 0 Å². The lowest BCUT2D eigenvalue weighted by Crippen LogP contribution is -2.32. The Morgan fingerprint density at radius 3 is 2.52 bits per heavy atom. The van der Waals surface area contributed by atoms with Gasteiger partial charge in [-0.25, -0.2) is 0 Å². The highest BCUT2D eigenvalue weighted by Crippen LogP contribution is 2.29. The molecule has 3 N–H and O–H groups in total. The largest absolute Gasteiger partial charge is 0.374 e. The van der Waals surface area contributed by atoms with Crippen molar-refractivity contribution < 1.29 is 4.79 Å². The lowest BCUT2D eigenvalue weighted by Gasteiger charge is -2.27. The van der Waals surface area contributed by atoms with E-state index in [-0.39, 0.29) is 6.04 Å². The molecule has 1 amide bonds. The van der Waals surface area contributed by atoms with E-state index in [1.54, 1.807) is 0 Å².